The molecule has 0 spiro atoms. The third kappa shape index (κ3) is 5.78. The molecule has 6 heteroatoms. The number of benzene rings is 2. The molecule has 0 radical (unpaired) electrons. The largest absolute Gasteiger partial charge is 0.336 e. The Hall–Kier alpha value is -2.70. The van der Waals surface area contributed by atoms with Gasteiger partial charge in [0.25, 0.3) is 0 Å². The summed E-state index contributed by atoms with van der Waals surface area (Å²) in [6.45, 7) is 6.42. The molecule has 2 atom stereocenters. The van der Waals surface area contributed by atoms with Gasteiger partial charge < -0.3 is 9.80 Å². The Labute approximate surface area is 233 Å². The highest BCUT2D eigenvalue weighted by Crippen LogP contribution is 2.34. The summed E-state index contributed by atoms with van der Waals surface area (Å²) in [7, 11) is 0. The number of fused-ring (bicyclic) bond motifs is 3. The van der Waals surface area contributed by atoms with E-state index in [0.717, 1.165) is 56.7 Å². The van der Waals surface area contributed by atoms with Gasteiger partial charge >= 0.3 is 0 Å². The lowest BCUT2D eigenvalue weighted by molar-refractivity contribution is -0.144. The summed E-state index contributed by atoms with van der Waals surface area (Å²) < 4.78 is 0. The predicted octanol–water partition coefficient (Wildman–Crippen LogP) is 5.07. The SMILES string of the molecule is CC(=O)N1CC[C@@H]2CC[C@H](CN(C(=O)C3CN(C4CCCCC4)C3)Cc3ccccc31)N2Cc1ccccc1. The van der Waals surface area contributed by atoms with Crippen LogP contribution in [0.2, 0.25) is 0 Å². The summed E-state index contributed by atoms with van der Waals surface area (Å²) in [5.41, 5.74) is 3.36. The molecular formula is C33H44N4O2. The molecule has 0 N–H and O–H groups in total. The highest BCUT2D eigenvalue weighted by Gasteiger charge is 2.41. The summed E-state index contributed by atoms with van der Waals surface area (Å²) in [5, 5.41) is 0. The van der Waals surface area contributed by atoms with Crippen molar-refractivity contribution in [1.82, 2.24) is 14.7 Å². The van der Waals surface area contributed by atoms with Crippen LogP contribution in [0.1, 0.15) is 69.4 Å². The van der Waals surface area contributed by atoms with Crippen molar-refractivity contribution < 1.29 is 9.59 Å². The van der Waals surface area contributed by atoms with Crippen LogP contribution in [0.25, 0.3) is 0 Å². The quantitative estimate of drug-likeness (QED) is 0.556. The van der Waals surface area contributed by atoms with Crippen LogP contribution in [-0.2, 0) is 22.7 Å². The van der Waals surface area contributed by atoms with Crippen molar-refractivity contribution in [2.45, 2.75) is 89.5 Å². The molecule has 0 unspecified atom stereocenters. The van der Waals surface area contributed by atoms with E-state index in [9.17, 15) is 9.59 Å². The van der Waals surface area contributed by atoms with Crippen molar-refractivity contribution in [3.63, 3.8) is 0 Å². The van der Waals surface area contributed by atoms with E-state index in [0.29, 0.717) is 37.1 Å². The second-order valence-corrected chi connectivity index (χ2v) is 12.3. The third-order valence-electron chi connectivity index (χ3n) is 9.78. The molecule has 208 valence electrons. The highest BCUT2D eigenvalue weighted by atomic mass is 16.2. The van der Waals surface area contributed by atoms with Gasteiger partial charge in [0, 0.05) is 70.0 Å². The zero-order valence-electron chi connectivity index (χ0n) is 23.5. The molecule has 3 aliphatic heterocycles. The first kappa shape index (κ1) is 26.5. The van der Waals surface area contributed by atoms with Crippen LogP contribution in [0.15, 0.2) is 54.6 Å². The Morgan fingerprint density at radius 3 is 2.26 bits per heavy atom. The molecule has 3 heterocycles. The van der Waals surface area contributed by atoms with Crippen LogP contribution < -0.4 is 4.90 Å². The van der Waals surface area contributed by atoms with Crippen LogP contribution in [0.3, 0.4) is 0 Å². The van der Waals surface area contributed by atoms with E-state index in [4.69, 9.17) is 0 Å². The van der Waals surface area contributed by atoms with E-state index in [1.807, 2.05) is 17.0 Å². The van der Waals surface area contributed by atoms with Gasteiger partial charge in [0.05, 0.1) is 5.92 Å². The van der Waals surface area contributed by atoms with Crippen molar-refractivity contribution in [3.05, 3.63) is 65.7 Å². The number of carbonyl (C=O) groups excluding carboxylic acids is 2. The molecule has 39 heavy (non-hydrogen) atoms. The number of hydrogen-bond acceptors (Lipinski definition) is 4. The first-order valence-electron chi connectivity index (χ1n) is 15.3. The molecule has 6 nitrogen and oxygen atoms in total. The fourth-order valence-corrected chi connectivity index (χ4v) is 7.57. The minimum Gasteiger partial charge on any atom is -0.336 e. The molecule has 2 amide bonds. The van der Waals surface area contributed by atoms with Gasteiger partial charge in [-0.3, -0.25) is 19.4 Å². The Balaban J connectivity index is 1.27. The van der Waals surface area contributed by atoms with Crippen LogP contribution in [0.5, 0.6) is 0 Å². The molecule has 2 bridgehead atoms. The van der Waals surface area contributed by atoms with Gasteiger partial charge in [0.2, 0.25) is 11.8 Å². The van der Waals surface area contributed by atoms with Gasteiger partial charge in [0.1, 0.15) is 0 Å². The number of amides is 2. The van der Waals surface area contributed by atoms with E-state index in [-0.39, 0.29) is 11.8 Å². The molecule has 2 aromatic rings. The van der Waals surface area contributed by atoms with Gasteiger partial charge in [0.15, 0.2) is 0 Å². The predicted molar refractivity (Wildman–Crippen MR) is 155 cm³/mol. The summed E-state index contributed by atoms with van der Waals surface area (Å²) in [5.74, 6) is 0.465. The van der Waals surface area contributed by atoms with Gasteiger partial charge in [-0.05, 0) is 49.3 Å². The molecule has 1 aliphatic carbocycles. The summed E-state index contributed by atoms with van der Waals surface area (Å²) >= 11 is 0. The molecule has 2 aromatic carbocycles. The fourth-order valence-electron chi connectivity index (χ4n) is 7.57. The Morgan fingerprint density at radius 2 is 1.49 bits per heavy atom. The second-order valence-electron chi connectivity index (χ2n) is 12.3. The maximum absolute atomic E-state index is 14.1. The molecule has 1 saturated carbocycles. The Bertz CT molecular complexity index is 1140. The number of hydrogen-bond donors (Lipinski definition) is 0. The minimum absolute atomic E-state index is 0.0749. The smallest absolute Gasteiger partial charge is 0.228 e. The van der Waals surface area contributed by atoms with Crippen LogP contribution >= 0.6 is 0 Å². The van der Waals surface area contributed by atoms with Gasteiger partial charge in [-0.15, -0.1) is 0 Å². The number of likely N-dealkylation sites (tertiary alicyclic amines) is 1. The maximum atomic E-state index is 14.1. The fraction of sp³-hybridized carbons (Fsp3) is 0.576. The van der Waals surface area contributed by atoms with E-state index in [2.05, 4.69) is 57.2 Å². The Kier molecular flexibility index (Phi) is 8.03. The molecular weight excluding hydrogens is 484 g/mol. The zero-order valence-corrected chi connectivity index (χ0v) is 23.5. The minimum atomic E-state index is 0.0749. The summed E-state index contributed by atoms with van der Waals surface area (Å²) in [4.78, 5) is 36.3. The van der Waals surface area contributed by atoms with Crippen LogP contribution in [0, 0.1) is 5.92 Å². The standard InChI is InChI=1S/C33H44N4O2/c1-25(38)36-19-18-30-16-17-31(37(30)20-26-10-4-2-5-11-26)24-35(21-27-12-8-9-15-32(27)36)33(39)28-22-34(23-28)29-13-6-3-7-14-29/h2,4-5,8-12,15,28-31H,3,6-7,13-14,16-24H2,1H3/t30-,31+/m0/s1. The highest BCUT2D eigenvalue weighted by molar-refractivity contribution is 5.92. The summed E-state index contributed by atoms with van der Waals surface area (Å²) in [6, 6.07) is 20.4. The number of nitrogens with zero attached hydrogens (tertiary/aromatic N) is 4. The van der Waals surface area contributed by atoms with E-state index >= 15 is 0 Å². The van der Waals surface area contributed by atoms with E-state index in [1.54, 1.807) is 6.92 Å². The van der Waals surface area contributed by atoms with Crippen molar-refractivity contribution in [2.75, 3.05) is 31.1 Å². The average Bonchev–Trinajstić information content (AvgIpc) is 3.28. The van der Waals surface area contributed by atoms with Crippen molar-refractivity contribution in [3.8, 4) is 0 Å². The number of para-hydroxylation sites is 1. The van der Waals surface area contributed by atoms with Gasteiger partial charge in [-0.2, -0.15) is 0 Å². The molecule has 0 aromatic heterocycles. The topological polar surface area (TPSA) is 47.1 Å². The van der Waals surface area contributed by atoms with Crippen molar-refractivity contribution in [1.29, 1.82) is 0 Å². The first-order valence-corrected chi connectivity index (χ1v) is 15.3. The zero-order chi connectivity index (χ0) is 26.8. The van der Waals surface area contributed by atoms with Gasteiger partial charge in [-0.25, -0.2) is 0 Å². The van der Waals surface area contributed by atoms with Crippen LogP contribution in [0.4, 0.5) is 5.69 Å². The lowest BCUT2D eigenvalue weighted by Crippen LogP contribution is -2.58. The molecule has 4 aliphatic rings. The van der Waals surface area contributed by atoms with Crippen LogP contribution in [-0.4, -0.2) is 70.8 Å². The molecule has 6 rings (SSSR count). The molecule has 2 saturated heterocycles. The van der Waals surface area contributed by atoms with Gasteiger partial charge in [-0.1, -0.05) is 67.8 Å². The number of anilines is 1. The van der Waals surface area contributed by atoms with Crippen molar-refractivity contribution in [2.24, 2.45) is 5.92 Å². The molecule has 3 fully saturated rings. The first-order chi connectivity index (χ1) is 19.1. The lowest BCUT2D eigenvalue weighted by atomic mass is 9.88. The normalized spacial score (nSPS) is 25.6. The lowest BCUT2D eigenvalue weighted by Gasteiger charge is -2.46. The third-order valence-corrected chi connectivity index (χ3v) is 9.78. The maximum Gasteiger partial charge on any atom is 0.228 e. The Morgan fingerprint density at radius 1 is 0.769 bits per heavy atom. The number of rotatable bonds is 4. The van der Waals surface area contributed by atoms with E-state index in [1.165, 1.54) is 37.7 Å². The monoisotopic (exact) mass is 528 g/mol. The summed E-state index contributed by atoms with van der Waals surface area (Å²) in [6.07, 6.45) is 9.76. The second kappa shape index (κ2) is 11.8. The average molecular weight is 529 g/mol. The van der Waals surface area contributed by atoms with Crippen molar-refractivity contribution >= 4 is 17.5 Å². The number of carbonyl (C=O) groups is 2. The van der Waals surface area contributed by atoms with E-state index < -0.39 is 0 Å².